The molecule has 1 aromatic heterocycles. The van der Waals surface area contributed by atoms with E-state index in [1.807, 2.05) is 6.92 Å². The summed E-state index contributed by atoms with van der Waals surface area (Å²) < 4.78 is 0. The highest BCUT2D eigenvalue weighted by molar-refractivity contribution is 7.13. The Morgan fingerprint density at radius 2 is 1.81 bits per heavy atom. The maximum absolute atomic E-state index is 12.7. The third-order valence-electron chi connectivity index (χ3n) is 4.45. The van der Waals surface area contributed by atoms with Gasteiger partial charge in [-0.25, -0.2) is 4.98 Å². The molecule has 1 aromatic carbocycles. The number of carbonyl (C=O) groups excluding carboxylic acids is 3. The predicted octanol–water partition coefficient (Wildman–Crippen LogP) is 4.14. The number of amides is 3. The van der Waals surface area contributed by atoms with E-state index in [4.69, 9.17) is 11.6 Å². The lowest BCUT2D eigenvalue weighted by Crippen LogP contribution is -2.38. The van der Waals surface area contributed by atoms with E-state index in [9.17, 15) is 14.4 Å². The van der Waals surface area contributed by atoms with Crippen LogP contribution < -0.4 is 10.6 Å². The number of unbranched alkanes of at least 4 members (excludes halogenated alkanes) is 2. The molecule has 2 N–H and O–H groups in total. The van der Waals surface area contributed by atoms with E-state index in [1.54, 1.807) is 29.6 Å². The number of hydrogen-bond acceptors (Lipinski definition) is 5. The second-order valence-corrected chi connectivity index (χ2v) is 8.45. The van der Waals surface area contributed by atoms with Crippen LogP contribution in [0.2, 0.25) is 5.02 Å². The van der Waals surface area contributed by atoms with Crippen LogP contribution in [0.5, 0.6) is 0 Å². The Kier molecular flexibility index (Phi) is 10.5. The highest BCUT2D eigenvalue weighted by Gasteiger charge is 2.19. The topological polar surface area (TPSA) is 91.4 Å². The minimum Gasteiger partial charge on any atom is -0.356 e. The molecule has 0 aliphatic carbocycles. The second kappa shape index (κ2) is 13.1. The van der Waals surface area contributed by atoms with Crippen molar-refractivity contribution in [3.8, 4) is 0 Å². The molecule has 2 rings (SSSR count). The van der Waals surface area contributed by atoms with Gasteiger partial charge in [-0.1, -0.05) is 38.3 Å². The van der Waals surface area contributed by atoms with Crippen LogP contribution in [0, 0.1) is 0 Å². The molecule has 0 unspecified atom stereocenters. The van der Waals surface area contributed by atoms with Crippen LogP contribution in [-0.4, -0.2) is 47.2 Å². The van der Waals surface area contributed by atoms with Gasteiger partial charge in [0.05, 0.1) is 12.1 Å². The second-order valence-electron chi connectivity index (χ2n) is 7.16. The Hall–Kier alpha value is -2.45. The van der Waals surface area contributed by atoms with Gasteiger partial charge >= 0.3 is 0 Å². The molecule has 0 atom stereocenters. The van der Waals surface area contributed by atoms with Gasteiger partial charge in [0.25, 0.3) is 5.91 Å². The van der Waals surface area contributed by atoms with Crippen molar-refractivity contribution in [1.82, 2.24) is 15.2 Å². The Morgan fingerprint density at radius 3 is 2.48 bits per heavy atom. The number of thiazole rings is 1. The average Bonchev–Trinajstić information content (AvgIpc) is 3.17. The molecule has 0 saturated heterocycles. The summed E-state index contributed by atoms with van der Waals surface area (Å²) in [6.45, 7) is 5.09. The maximum Gasteiger partial charge on any atom is 0.254 e. The van der Waals surface area contributed by atoms with Crippen LogP contribution >= 0.6 is 22.9 Å². The zero-order valence-corrected chi connectivity index (χ0v) is 19.5. The molecule has 9 heteroatoms. The minimum absolute atomic E-state index is 0.0812. The number of carbonyl (C=O) groups is 3. The molecule has 0 saturated carbocycles. The molecule has 0 spiro atoms. The first kappa shape index (κ1) is 24.8. The molecule has 31 heavy (non-hydrogen) atoms. The van der Waals surface area contributed by atoms with Crippen molar-refractivity contribution in [2.24, 2.45) is 0 Å². The van der Waals surface area contributed by atoms with E-state index < -0.39 is 0 Å². The summed E-state index contributed by atoms with van der Waals surface area (Å²) in [5, 5.41) is 8.31. The van der Waals surface area contributed by atoms with Gasteiger partial charge in [-0.15, -0.1) is 11.3 Å². The lowest BCUT2D eigenvalue weighted by atomic mass is 10.2. The van der Waals surface area contributed by atoms with Gasteiger partial charge < -0.3 is 15.5 Å². The Balaban J connectivity index is 1.88. The number of aromatic nitrogens is 1. The Morgan fingerprint density at radius 1 is 1.06 bits per heavy atom. The van der Waals surface area contributed by atoms with Crippen LogP contribution in [0.4, 0.5) is 5.13 Å². The summed E-state index contributed by atoms with van der Waals surface area (Å²) >= 11 is 7.14. The first-order valence-corrected chi connectivity index (χ1v) is 11.7. The van der Waals surface area contributed by atoms with Gasteiger partial charge in [0.15, 0.2) is 5.13 Å². The van der Waals surface area contributed by atoms with Crippen LogP contribution in [0.1, 0.15) is 55.6 Å². The van der Waals surface area contributed by atoms with Crippen molar-refractivity contribution >= 4 is 45.8 Å². The molecule has 2 aromatic rings. The van der Waals surface area contributed by atoms with Crippen molar-refractivity contribution < 1.29 is 14.4 Å². The number of benzene rings is 1. The van der Waals surface area contributed by atoms with Crippen molar-refractivity contribution in [3.63, 3.8) is 0 Å². The smallest absolute Gasteiger partial charge is 0.254 e. The first-order chi connectivity index (χ1) is 14.9. The molecule has 168 valence electrons. The highest BCUT2D eigenvalue weighted by atomic mass is 35.5. The lowest BCUT2D eigenvalue weighted by Gasteiger charge is -2.21. The van der Waals surface area contributed by atoms with Crippen molar-refractivity contribution in [2.45, 2.75) is 46.0 Å². The van der Waals surface area contributed by atoms with Gasteiger partial charge in [-0.2, -0.15) is 0 Å². The van der Waals surface area contributed by atoms with Crippen molar-refractivity contribution in [1.29, 1.82) is 0 Å². The van der Waals surface area contributed by atoms with E-state index in [2.05, 4.69) is 22.5 Å². The molecule has 0 aliphatic rings. The Bertz CT molecular complexity index is 870. The number of hydrogen-bond donors (Lipinski definition) is 2. The van der Waals surface area contributed by atoms with Gasteiger partial charge in [0.1, 0.15) is 6.54 Å². The van der Waals surface area contributed by atoms with E-state index in [1.165, 1.54) is 16.2 Å². The SMILES string of the molecule is CCCCCNC(=O)Cc1csc(NC(=O)CN(CCC)C(=O)c2ccc(Cl)cc2)n1. The van der Waals surface area contributed by atoms with Gasteiger partial charge in [-0.05, 0) is 37.1 Å². The monoisotopic (exact) mass is 464 g/mol. The summed E-state index contributed by atoms with van der Waals surface area (Å²) in [5.74, 6) is -0.643. The first-order valence-electron chi connectivity index (χ1n) is 10.5. The lowest BCUT2D eigenvalue weighted by molar-refractivity contribution is -0.120. The summed E-state index contributed by atoms with van der Waals surface area (Å²) in [6.07, 6.45) is 4.05. The Labute approximate surface area is 192 Å². The fourth-order valence-electron chi connectivity index (χ4n) is 2.90. The van der Waals surface area contributed by atoms with Gasteiger partial charge in [-0.3, -0.25) is 14.4 Å². The van der Waals surface area contributed by atoms with Crippen LogP contribution in [0.3, 0.4) is 0 Å². The zero-order valence-electron chi connectivity index (χ0n) is 17.9. The largest absolute Gasteiger partial charge is 0.356 e. The molecule has 0 bridgehead atoms. The summed E-state index contributed by atoms with van der Waals surface area (Å²) in [7, 11) is 0. The standard InChI is InChI=1S/C22H29ClN4O3S/c1-3-5-6-11-24-19(28)13-18-15-31-22(25-18)26-20(29)14-27(12-4-2)21(30)16-7-9-17(23)10-8-16/h7-10,15H,3-6,11-14H2,1-2H3,(H,24,28)(H,25,26,29). The molecular formula is C22H29ClN4O3S. The quantitative estimate of drug-likeness (QED) is 0.462. The normalized spacial score (nSPS) is 10.5. The number of halogens is 1. The summed E-state index contributed by atoms with van der Waals surface area (Å²) in [4.78, 5) is 43.0. The average molecular weight is 465 g/mol. The number of anilines is 1. The van der Waals surface area contributed by atoms with Crippen LogP contribution in [-0.2, 0) is 16.0 Å². The third-order valence-corrected chi connectivity index (χ3v) is 5.51. The fraction of sp³-hybridized carbons (Fsp3) is 0.455. The zero-order chi connectivity index (χ0) is 22.6. The van der Waals surface area contributed by atoms with Crippen molar-refractivity contribution in [3.05, 3.63) is 45.9 Å². The van der Waals surface area contributed by atoms with Crippen molar-refractivity contribution in [2.75, 3.05) is 25.0 Å². The molecule has 0 aliphatic heterocycles. The van der Waals surface area contributed by atoms with E-state index in [-0.39, 0.29) is 30.7 Å². The fourth-order valence-corrected chi connectivity index (χ4v) is 3.76. The van der Waals surface area contributed by atoms with E-state index in [0.717, 1.165) is 25.7 Å². The molecular weight excluding hydrogens is 436 g/mol. The van der Waals surface area contributed by atoms with Gasteiger partial charge in [0, 0.05) is 29.1 Å². The van der Waals surface area contributed by atoms with Crippen LogP contribution in [0.15, 0.2) is 29.6 Å². The molecule has 3 amide bonds. The maximum atomic E-state index is 12.7. The summed E-state index contributed by atoms with van der Waals surface area (Å²) in [6, 6.07) is 6.59. The van der Waals surface area contributed by atoms with E-state index >= 15 is 0 Å². The van der Waals surface area contributed by atoms with Crippen LogP contribution in [0.25, 0.3) is 0 Å². The van der Waals surface area contributed by atoms with Gasteiger partial charge in [0.2, 0.25) is 11.8 Å². The highest BCUT2D eigenvalue weighted by Crippen LogP contribution is 2.16. The molecule has 1 heterocycles. The molecule has 0 fully saturated rings. The number of nitrogens with one attached hydrogen (secondary N) is 2. The van der Waals surface area contributed by atoms with E-state index in [0.29, 0.717) is 34.5 Å². The molecule has 0 radical (unpaired) electrons. The number of nitrogens with zero attached hydrogens (tertiary/aromatic N) is 2. The molecule has 7 nitrogen and oxygen atoms in total. The number of rotatable bonds is 12. The predicted molar refractivity (Wildman–Crippen MR) is 125 cm³/mol. The third kappa shape index (κ3) is 8.67. The summed E-state index contributed by atoms with van der Waals surface area (Å²) in [5.41, 5.74) is 1.09. The minimum atomic E-state index is -0.333.